The molecule has 20 heavy (non-hydrogen) atoms. The molecular weight excluding hydrogens is 266 g/mol. The minimum atomic E-state index is -1.01. The van der Waals surface area contributed by atoms with Gasteiger partial charge in [0.05, 0.1) is 11.8 Å². The van der Waals surface area contributed by atoms with Crippen LogP contribution in [0, 0.1) is 11.6 Å². The quantitative estimate of drug-likeness (QED) is 0.866. The number of benzene rings is 1. The van der Waals surface area contributed by atoms with Crippen LogP contribution >= 0.6 is 0 Å². The standard InChI is InChI=1S/C14H18F2N2O2/c1-18(8-9-4-2-3-7-20-9)14(19)12-10(15)5-6-11(17)13(12)16/h5-6,9H,2-4,7-8,17H2,1H3. The number of hydrogen-bond donors (Lipinski definition) is 1. The predicted molar refractivity (Wildman–Crippen MR) is 71.3 cm³/mol. The maximum absolute atomic E-state index is 13.8. The highest BCUT2D eigenvalue weighted by atomic mass is 19.1. The van der Waals surface area contributed by atoms with E-state index < -0.39 is 23.1 Å². The molecule has 0 spiro atoms. The lowest BCUT2D eigenvalue weighted by atomic mass is 10.1. The lowest BCUT2D eigenvalue weighted by Gasteiger charge is -2.27. The van der Waals surface area contributed by atoms with E-state index in [0.29, 0.717) is 13.2 Å². The van der Waals surface area contributed by atoms with E-state index in [4.69, 9.17) is 10.5 Å². The fraction of sp³-hybridized carbons (Fsp3) is 0.500. The van der Waals surface area contributed by atoms with Crippen LogP contribution in [0.15, 0.2) is 12.1 Å². The average molecular weight is 284 g/mol. The van der Waals surface area contributed by atoms with Crippen molar-refractivity contribution in [2.45, 2.75) is 25.4 Å². The summed E-state index contributed by atoms with van der Waals surface area (Å²) in [6.45, 7) is 0.972. The van der Waals surface area contributed by atoms with E-state index >= 15 is 0 Å². The first kappa shape index (κ1) is 14.7. The molecule has 1 atom stereocenters. The van der Waals surface area contributed by atoms with Crippen molar-refractivity contribution in [3.63, 3.8) is 0 Å². The molecule has 0 bridgehead atoms. The van der Waals surface area contributed by atoms with Gasteiger partial charge in [0, 0.05) is 20.2 Å². The van der Waals surface area contributed by atoms with E-state index in [9.17, 15) is 13.6 Å². The van der Waals surface area contributed by atoms with E-state index in [2.05, 4.69) is 0 Å². The van der Waals surface area contributed by atoms with Gasteiger partial charge in [0.15, 0.2) is 5.82 Å². The summed E-state index contributed by atoms with van der Waals surface area (Å²) in [5.74, 6) is -2.63. The number of rotatable bonds is 3. The van der Waals surface area contributed by atoms with Crippen LogP contribution < -0.4 is 5.73 Å². The normalized spacial score (nSPS) is 18.9. The highest BCUT2D eigenvalue weighted by Crippen LogP contribution is 2.21. The summed E-state index contributed by atoms with van der Waals surface area (Å²) < 4.78 is 33.0. The summed E-state index contributed by atoms with van der Waals surface area (Å²) in [6, 6.07) is 2.10. The maximum Gasteiger partial charge on any atom is 0.259 e. The Kier molecular flexibility index (Phi) is 4.54. The lowest BCUT2D eigenvalue weighted by Crippen LogP contribution is -2.37. The molecule has 1 amide bonds. The molecule has 6 heteroatoms. The van der Waals surface area contributed by atoms with Crippen LogP contribution in [0.25, 0.3) is 0 Å². The fourth-order valence-electron chi connectivity index (χ4n) is 2.30. The Morgan fingerprint density at radius 2 is 2.20 bits per heavy atom. The summed E-state index contributed by atoms with van der Waals surface area (Å²) in [4.78, 5) is 13.4. The number of anilines is 1. The van der Waals surface area contributed by atoms with Crippen LogP contribution in [-0.2, 0) is 4.74 Å². The first-order valence-corrected chi connectivity index (χ1v) is 6.61. The van der Waals surface area contributed by atoms with Crippen LogP contribution in [0.1, 0.15) is 29.6 Å². The van der Waals surface area contributed by atoms with Crippen LogP contribution in [0.3, 0.4) is 0 Å². The van der Waals surface area contributed by atoms with Crippen molar-refractivity contribution in [1.82, 2.24) is 4.90 Å². The molecule has 1 unspecified atom stereocenters. The SMILES string of the molecule is CN(CC1CCCCO1)C(=O)c1c(F)ccc(N)c1F. The van der Waals surface area contributed by atoms with Crippen molar-refractivity contribution in [2.24, 2.45) is 0 Å². The van der Waals surface area contributed by atoms with E-state index in [-0.39, 0.29) is 11.8 Å². The van der Waals surface area contributed by atoms with Gasteiger partial charge in [0.1, 0.15) is 11.4 Å². The molecule has 2 rings (SSSR count). The highest BCUT2D eigenvalue weighted by Gasteiger charge is 2.25. The van der Waals surface area contributed by atoms with Gasteiger partial charge in [-0.1, -0.05) is 0 Å². The van der Waals surface area contributed by atoms with Crippen LogP contribution in [0.4, 0.5) is 14.5 Å². The number of carbonyl (C=O) groups excluding carboxylic acids is 1. The molecule has 1 saturated heterocycles. The van der Waals surface area contributed by atoms with Crippen molar-refractivity contribution >= 4 is 11.6 Å². The number of hydrogen-bond acceptors (Lipinski definition) is 3. The van der Waals surface area contributed by atoms with Gasteiger partial charge < -0.3 is 15.4 Å². The largest absolute Gasteiger partial charge is 0.396 e. The number of halogens is 2. The fourth-order valence-corrected chi connectivity index (χ4v) is 2.30. The second-order valence-corrected chi connectivity index (χ2v) is 5.00. The summed E-state index contributed by atoms with van der Waals surface area (Å²) in [5.41, 5.74) is 4.53. The van der Waals surface area contributed by atoms with Crippen molar-refractivity contribution < 1.29 is 18.3 Å². The Labute approximate surface area is 116 Å². The minimum Gasteiger partial charge on any atom is -0.396 e. The second-order valence-electron chi connectivity index (χ2n) is 5.00. The Morgan fingerprint density at radius 3 is 2.85 bits per heavy atom. The summed E-state index contributed by atoms with van der Waals surface area (Å²) >= 11 is 0. The molecule has 0 aliphatic carbocycles. The Balaban J connectivity index is 2.12. The van der Waals surface area contributed by atoms with E-state index in [1.807, 2.05) is 0 Å². The number of likely N-dealkylation sites (N-methyl/N-ethyl adjacent to an activating group) is 1. The van der Waals surface area contributed by atoms with Gasteiger partial charge in [0.25, 0.3) is 5.91 Å². The summed E-state index contributed by atoms with van der Waals surface area (Å²) in [5, 5.41) is 0. The smallest absolute Gasteiger partial charge is 0.259 e. The number of ether oxygens (including phenoxy) is 1. The monoisotopic (exact) mass is 284 g/mol. The topological polar surface area (TPSA) is 55.6 Å². The van der Waals surface area contributed by atoms with Gasteiger partial charge in [0.2, 0.25) is 0 Å². The summed E-state index contributed by atoms with van der Waals surface area (Å²) in [6.07, 6.45) is 2.81. The van der Waals surface area contributed by atoms with Gasteiger partial charge in [-0.2, -0.15) is 0 Å². The van der Waals surface area contributed by atoms with Crippen molar-refractivity contribution in [3.8, 4) is 0 Å². The number of carbonyl (C=O) groups is 1. The molecule has 0 radical (unpaired) electrons. The zero-order chi connectivity index (χ0) is 14.7. The minimum absolute atomic E-state index is 0.0788. The van der Waals surface area contributed by atoms with Gasteiger partial charge >= 0.3 is 0 Å². The first-order valence-electron chi connectivity index (χ1n) is 6.61. The third-order valence-corrected chi connectivity index (χ3v) is 3.43. The van der Waals surface area contributed by atoms with Gasteiger partial charge in [-0.3, -0.25) is 4.79 Å². The molecular formula is C14H18F2N2O2. The van der Waals surface area contributed by atoms with E-state index in [1.54, 1.807) is 0 Å². The van der Waals surface area contributed by atoms with Gasteiger partial charge in [-0.05, 0) is 31.4 Å². The highest BCUT2D eigenvalue weighted by molar-refractivity contribution is 5.95. The number of nitrogens with two attached hydrogens (primary N) is 1. The van der Waals surface area contributed by atoms with Crippen molar-refractivity contribution in [3.05, 3.63) is 29.3 Å². The molecule has 0 saturated carbocycles. The lowest BCUT2D eigenvalue weighted by molar-refractivity contribution is -0.000356. The predicted octanol–water partition coefficient (Wildman–Crippen LogP) is 2.19. The molecule has 1 fully saturated rings. The summed E-state index contributed by atoms with van der Waals surface area (Å²) in [7, 11) is 1.50. The van der Waals surface area contributed by atoms with Crippen LogP contribution in [-0.4, -0.2) is 37.1 Å². The maximum atomic E-state index is 13.8. The molecule has 0 aromatic heterocycles. The zero-order valence-electron chi connectivity index (χ0n) is 11.4. The third kappa shape index (κ3) is 3.07. The molecule has 1 heterocycles. The van der Waals surface area contributed by atoms with Gasteiger partial charge in [-0.15, -0.1) is 0 Å². The molecule has 4 nitrogen and oxygen atoms in total. The Bertz CT molecular complexity index is 502. The molecule has 110 valence electrons. The molecule has 2 N–H and O–H groups in total. The van der Waals surface area contributed by atoms with Crippen LogP contribution in [0.2, 0.25) is 0 Å². The molecule has 1 aromatic carbocycles. The second kappa shape index (κ2) is 6.17. The van der Waals surface area contributed by atoms with Crippen molar-refractivity contribution in [1.29, 1.82) is 0 Å². The number of nitrogens with zero attached hydrogens (tertiary/aromatic N) is 1. The van der Waals surface area contributed by atoms with E-state index in [1.165, 1.54) is 11.9 Å². The zero-order valence-corrected chi connectivity index (χ0v) is 11.4. The molecule has 1 aliphatic heterocycles. The number of amides is 1. The first-order chi connectivity index (χ1) is 9.50. The van der Waals surface area contributed by atoms with Gasteiger partial charge in [-0.25, -0.2) is 8.78 Å². The number of nitrogen functional groups attached to an aromatic ring is 1. The third-order valence-electron chi connectivity index (χ3n) is 3.43. The van der Waals surface area contributed by atoms with Crippen LogP contribution in [0.5, 0.6) is 0 Å². The molecule has 1 aliphatic rings. The van der Waals surface area contributed by atoms with E-state index in [0.717, 1.165) is 31.4 Å². The molecule has 1 aromatic rings. The average Bonchev–Trinajstić information content (AvgIpc) is 2.44. The van der Waals surface area contributed by atoms with Crippen molar-refractivity contribution in [2.75, 3.05) is 25.9 Å². The Morgan fingerprint density at radius 1 is 1.45 bits per heavy atom. The Hall–Kier alpha value is -1.69.